The van der Waals surface area contributed by atoms with E-state index in [2.05, 4.69) is 33.6 Å². The van der Waals surface area contributed by atoms with Crippen molar-refractivity contribution in [1.29, 1.82) is 0 Å². The molecule has 1 saturated carbocycles. The van der Waals surface area contributed by atoms with E-state index in [0.29, 0.717) is 18.4 Å². The van der Waals surface area contributed by atoms with Crippen LogP contribution in [0.3, 0.4) is 0 Å². The molecule has 4 rings (SSSR count). The number of carbonyl (C=O) groups is 1. The summed E-state index contributed by atoms with van der Waals surface area (Å²) in [5.74, 6) is 0.0377. The summed E-state index contributed by atoms with van der Waals surface area (Å²) in [4.78, 5) is 25.8. The molecule has 2 fully saturated rings. The first kappa shape index (κ1) is 24.4. The van der Waals surface area contributed by atoms with Crippen LogP contribution in [-0.2, 0) is 11.2 Å². The van der Waals surface area contributed by atoms with Crippen LogP contribution in [0.4, 0.5) is 10.3 Å². The summed E-state index contributed by atoms with van der Waals surface area (Å²) < 4.78 is 25.4. The van der Waals surface area contributed by atoms with Crippen LogP contribution >= 0.6 is 0 Å². The molecule has 0 radical (unpaired) electrons. The maximum atomic E-state index is 14.4. The summed E-state index contributed by atoms with van der Waals surface area (Å²) in [6.07, 6.45) is 9.53. The summed E-state index contributed by atoms with van der Waals surface area (Å²) in [6, 6.07) is 4.70. The topological polar surface area (TPSA) is 67.8 Å². The number of rotatable bonds is 10. The molecular weight excluding hydrogens is 435 g/mol. The van der Waals surface area contributed by atoms with Gasteiger partial charge in [-0.05, 0) is 56.7 Å². The summed E-state index contributed by atoms with van der Waals surface area (Å²) in [5.41, 5.74) is 1.15. The van der Waals surface area contributed by atoms with Crippen LogP contribution in [0, 0.1) is 5.82 Å². The Hall–Kier alpha value is -2.74. The van der Waals surface area contributed by atoms with Crippen molar-refractivity contribution >= 4 is 11.9 Å². The highest BCUT2D eigenvalue weighted by Crippen LogP contribution is 2.25. The van der Waals surface area contributed by atoms with Crippen molar-refractivity contribution in [3.05, 3.63) is 47.5 Å². The smallest absolute Gasteiger partial charge is 0.341 e. The number of nitrogens with zero attached hydrogens (tertiary/aromatic N) is 4. The van der Waals surface area contributed by atoms with E-state index in [-0.39, 0.29) is 11.7 Å². The molecule has 2 heterocycles. The van der Waals surface area contributed by atoms with Crippen LogP contribution in [0.5, 0.6) is 5.75 Å². The van der Waals surface area contributed by atoms with Crippen molar-refractivity contribution in [2.75, 3.05) is 37.7 Å². The van der Waals surface area contributed by atoms with Gasteiger partial charge in [0.1, 0.15) is 17.7 Å². The third-order valence-corrected chi connectivity index (χ3v) is 6.74. The molecule has 0 spiro atoms. The van der Waals surface area contributed by atoms with Gasteiger partial charge in [-0.15, -0.1) is 0 Å². The van der Waals surface area contributed by atoms with Crippen molar-refractivity contribution < 1.29 is 18.7 Å². The van der Waals surface area contributed by atoms with E-state index in [4.69, 9.17) is 9.47 Å². The van der Waals surface area contributed by atoms with E-state index in [1.807, 2.05) is 12.4 Å². The quantitative estimate of drug-likeness (QED) is 0.481. The molecule has 34 heavy (non-hydrogen) atoms. The predicted molar refractivity (Wildman–Crippen MR) is 129 cm³/mol. The van der Waals surface area contributed by atoms with E-state index < -0.39 is 11.8 Å². The largest absolute Gasteiger partial charge is 0.493 e. The molecule has 2 aromatic rings. The molecule has 2 aliphatic rings. The standard InChI is InChI=1S/C26H35FN4O3/c1-3-5-20-17-28-26(29-18-20)31-13-11-30(12-14-31)19(2)10-15-33-22-8-9-23(24(27)16-22)25(32)34-21-6-4-7-21/h8-9,16-19,21H,3-7,10-15H2,1-2H3. The molecule has 1 aromatic heterocycles. The Bertz CT molecular complexity index is 944. The van der Waals surface area contributed by atoms with Crippen molar-refractivity contribution in [2.45, 2.75) is 64.5 Å². The van der Waals surface area contributed by atoms with Crippen LogP contribution < -0.4 is 9.64 Å². The summed E-state index contributed by atoms with van der Waals surface area (Å²) in [7, 11) is 0. The molecule has 184 valence electrons. The number of halogens is 1. The van der Waals surface area contributed by atoms with Crippen LogP contribution in [0.25, 0.3) is 0 Å². The zero-order valence-corrected chi connectivity index (χ0v) is 20.2. The van der Waals surface area contributed by atoms with Crippen LogP contribution in [-0.4, -0.2) is 65.8 Å². The second-order valence-corrected chi connectivity index (χ2v) is 9.25. The lowest BCUT2D eigenvalue weighted by Crippen LogP contribution is -2.50. The normalized spacial score (nSPS) is 17.8. The number of ether oxygens (including phenoxy) is 2. The van der Waals surface area contributed by atoms with E-state index in [1.54, 1.807) is 6.07 Å². The second-order valence-electron chi connectivity index (χ2n) is 9.25. The maximum absolute atomic E-state index is 14.4. The number of aryl methyl sites for hydroxylation is 1. The Morgan fingerprint density at radius 2 is 1.91 bits per heavy atom. The van der Waals surface area contributed by atoms with Gasteiger partial charge in [0, 0.05) is 50.7 Å². The van der Waals surface area contributed by atoms with Crippen molar-refractivity contribution in [1.82, 2.24) is 14.9 Å². The molecule has 0 N–H and O–H groups in total. The zero-order valence-electron chi connectivity index (χ0n) is 20.2. The summed E-state index contributed by atoms with van der Waals surface area (Å²) in [5, 5.41) is 0. The molecule has 1 aliphatic carbocycles. The lowest BCUT2D eigenvalue weighted by Gasteiger charge is -2.38. The molecule has 0 bridgehead atoms. The Morgan fingerprint density at radius 1 is 1.18 bits per heavy atom. The molecule has 8 heteroatoms. The van der Waals surface area contributed by atoms with Gasteiger partial charge >= 0.3 is 5.97 Å². The van der Waals surface area contributed by atoms with Gasteiger partial charge in [-0.2, -0.15) is 0 Å². The molecule has 1 aromatic carbocycles. The third-order valence-electron chi connectivity index (χ3n) is 6.74. The number of esters is 1. The predicted octanol–water partition coefficient (Wildman–Crippen LogP) is 4.26. The van der Waals surface area contributed by atoms with Crippen LogP contribution in [0.2, 0.25) is 0 Å². The van der Waals surface area contributed by atoms with Gasteiger partial charge in [0.15, 0.2) is 0 Å². The maximum Gasteiger partial charge on any atom is 0.341 e. The van der Waals surface area contributed by atoms with Gasteiger partial charge in [-0.25, -0.2) is 19.2 Å². The van der Waals surface area contributed by atoms with Gasteiger partial charge in [0.05, 0.1) is 12.2 Å². The first-order chi connectivity index (χ1) is 16.5. The van der Waals surface area contributed by atoms with Gasteiger partial charge in [0.2, 0.25) is 5.95 Å². The number of benzene rings is 1. The highest BCUT2D eigenvalue weighted by Gasteiger charge is 2.25. The molecular formula is C26H35FN4O3. The highest BCUT2D eigenvalue weighted by atomic mass is 19.1. The van der Waals surface area contributed by atoms with E-state index in [0.717, 1.165) is 70.7 Å². The fraction of sp³-hybridized carbons (Fsp3) is 0.577. The summed E-state index contributed by atoms with van der Waals surface area (Å²) >= 11 is 0. The minimum absolute atomic E-state index is 0.0329. The second kappa shape index (κ2) is 11.6. The van der Waals surface area contributed by atoms with Gasteiger partial charge in [-0.3, -0.25) is 4.90 Å². The van der Waals surface area contributed by atoms with Crippen molar-refractivity contribution in [2.24, 2.45) is 0 Å². The number of anilines is 1. The fourth-order valence-corrected chi connectivity index (χ4v) is 4.28. The first-order valence-electron chi connectivity index (χ1n) is 12.5. The zero-order chi connectivity index (χ0) is 23.9. The van der Waals surface area contributed by atoms with E-state index in [1.165, 1.54) is 17.7 Å². The number of hydrogen-bond donors (Lipinski definition) is 0. The average Bonchev–Trinajstić information content (AvgIpc) is 2.82. The highest BCUT2D eigenvalue weighted by molar-refractivity contribution is 5.90. The minimum Gasteiger partial charge on any atom is -0.493 e. The Labute approximate surface area is 201 Å². The van der Waals surface area contributed by atoms with Gasteiger partial charge < -0.3 is 14.4 Å². The third kappa shape index (κ3) is 6.23. The SMILES string of the molecule is CCCc1cnc(N2CCN(C(C)CCOc3ccc(C(=O)OC4CCC4)c(F)c3)CC2)nc1. The molecule has 1 aliphatic heterocycles. The van der Waals surface area contributed by atoms with Crippen LogP contribution in [0.15, 0.2) is 30.6 Å². The molecule has 1 saturated heterocycles. The molecule has 0 amide bonds. The lowest BCUT2D eigenvalue weighted by atomic mass is 9.96. The van der Waals surface area contributed by atoms with E-state index >= 15 is 0 Å². The van der Waals surface area contributed by atoms with E-state index in [9.17, 15) is 9.18 Å². The number of piperazine rings is 1. The monoisotopic (exact) mass is 470 g/mol. The first-order valence-corrected chi connectivity index (χ1v) is 12.5. The van der Waals surface area contributed by atoms with Crippen molar-refractivity contribution in [3.8, 4) is 5.75 Å². The van der Waals surface area contributed by atoms with Crippen LogP contribution in [0.1, 0.15) is 61.9 Å². The van der Waals surface area contributed by atoms with Gasteiger partial charge in [0.25, 0.3) is 0 Å². The Kier molecular flexibility index (Phi) is 8.32. The Balaban J connectivity index is 1.19. The minimum atomic E-state index is -0.601. The molecule has 1 unspecified atom stereocenters. The molecule has 1 atom stereocenters. The summed E-state index contributed by atoms with van der Waals surface area (Å²) in [6.45, 7) is 8.48. The fourth-order valence-electron chi connectivity index (χ4n) is 4.28. The van der Waals surface area contributed by atoms with Crippen molar-refractivity contribution in [3.63, 3.8) is 0 Å². The lowest BCUT2D eigenvalue weighted by molar-refractivity contribution is 0.00853. The number of hydrogen-bond acceptors (Lipinski definition) is 7. The molecule has 7 nitrogen and oxygen atoms in total. The number of carbonyl (C=O) groups excluding carboxylic acids is 1. The number of aromatic nitrogens is 2. The Morgan fingerprint density at radius 3 is 2.53 bits per heavy atom. The van der Waals surface area contributed by atoms with Gasteiger partial charge in [-0.1, -0.05) is 13.3 Å². The average molecular weight is 471 g/mol.